The van der Waals surface area contributed by atoms with Crippen LogP contribution in [-0.2, 0) is 9.53 Å². The van der Waals surface area contributed by atoms with Crippen LogP contribution in [0.1, 0.15) is 94.8 Å². The quantitative estimate of drug-likeness (QED) is 0.368. The Labute approximate surface area is 187 Å². The Kier molecular flexibility index (Phi) is 8.79. The maximum absolute atomic E-state index is 13.8. The average Bonchev–Trinajstić information content (AvgIpc) is 2.80. The largest absolute Gasteiger partial charge is 0.494 e. The summed E-state index contributed by atoms with van der Waals surface area (Å²) in [5.74, 6) is 1.16. The first kappa shape index (κ1) is 23.6. The maximum Gasteiger partial charge on any atom is 0.340 e. The highest BCUT2D eigenvalue weighted by molar-refractivity contribution is 6.04. The van der Waals surface area contributed by atoms with Gasteiger partial charge in [0.15, 0.2) is 0 Å². The summed E-state index contributed by atoms with van der Waals surface area (Å²) < 4.78 is 10.9. The van der Waals surface area contributed by atoms with E-state index in [4.69, 9.17) is 9.47 Å². The number of esters is 1. The van der Waals surface area contributed by atoms with E-state index in [0.717, 1.165) is 64.2 Å². The second-order valence-corrected chi connectivity index (χ2v) is 9.33. The summed E-state index contributed by atoms with van der Waals surface area (Å²) in [6.45, 7) is 5.00. The molecule has 0 aliphatic heterocycles. The Morgan fingerprint density at radius 1 is 1.03 bits per heavy atom. The predicted octanol–water partition coefficient (Wildman–Crippen LogP) is 6.14. The molecule has 0 aromatic heterocycles. The summed E-state index contributed by atoms with van der Waals surface area (Å²) in [6, 6.07) is 5.69. The average molecular weight is 430 g/mol. The van der Waals surface area contributed by atoms with E-state index < -0.39 is 5.97 Å². The Morgan fingerprint density at radius 3 is 2.39 bits per heavy atom. The van der Waals surface area contributed by atoms with Gasteiger partial charge in [0.2, 0.25) is 5.91 Å². The van der Waals surface area contributed by atoms with Crippen LogP contribution < -0.4 is 9.64 Å². The maximum atomic E-state index is 13.8. The van der Waals surface area contributed by atoms with Crippen LogP contribution in [0.15, 0.2) is 18.2 Å². The third kappa shape index (κ3) is 6.02. The molecule has 1 aromatic carbocycles. The van der Waals surface area contributed by atoms with Crippen LogP contribution in [0.25, 0.3) is 0 Å². The molecule has 1 aromatic rings. The lowest BCUT2D eigenvalue weighted by molar-refractivity contribution is -0.124. The van der Waals surface area contributed by atoms with E-state index in [1.165, 1.54) is 13.5 Å². The molecule has 0 N–H and O–H groups in total. The zero-order chi connectivity index (χ0) is 22.2. The van der Waals surface area contributed by atoms with Crippen molar-refractivity contribution >= 4 is 17.6 Å². The number of methoxy groups -OCH3 is 1. The van der Waals surface area contributed by atoms with Crippen molar-refractivity contribution in [1.29, 1.82) is 0 Å². The number of benzene rings is 1. The number of hydrogen-bond acceptors (Lipinski definition) is 4. The summed E-state index contributed by atoms with van der Waals surface area (Å²) >= 11 is 0. The monoisotopic (exact) mass is 429 g/mol. The van der Waals surface area contributed by atoms with E-state index in [-0.39, 0.29) is 17.9 Å². The van der Waals surface area contributed by atoms with Gasteiger partial charge in [0.25, 0.3) is 0 Å². The lowest BCUT2D eigenvalue weighted by Gasteiger charge is -2.38. The number of anilines is 1. The van der Waals surface area contributed by atoms with Crippen molar-refractivity contribution < 1.29 is 19.1 Å². The SMILES string of the molecule is CCCCOc1ccc(N(C(=O)C2CCC(C)CC2)C2CCCCC2)c(C(=O)OC)c1. The van der Waals surface area contributed by atoms with Gasteiger partial charge in [0.05, 0.1) is 25.0 Å². The Hall–Kier alpha value is -2.04. The molecule has 0 atom stereocenters. The molecule has 1 amide bonds. The second kappa shape index (κ2) is 11.5. The molecule has 5 heteroatoms. The van der Waals surface area contributed by atoms with Crippen LogP contribution in [0, 0.1) is 11.8 Å². The molecule has 0 bridgehead atoms. The van der Waals surface area contributed by atoms with Gasteiger partial charge in [-0.05, 0) is 69.1 Å². The van der Waals surface area contributed by atoms with Crippen molar-refractivity contribution in [2.75, 3.05) is 18.6 Å². The van der Waals surface area contributed by atoms with Crippen molar-refractivity contribution in [3.05, 3.63) is 23.8 Å². The first-order chi connectivity index (χ1) is 15.0. The van der Waals surface area contributed by atoms with E-state index >= 15 is 0 Å². The van der Waals surface area contributed by atoms with Crippen LogP contribution >= 0.6 is 0 Å². The minimum atomic E-state index is -0.415. The first-order valence-corrected chi connectivity index (χ1v) is 12.2. The van der Waals surface area contributed by atoms with Crippen LogP contribution in [0.5, 0.6) is 5.75 Å². The van der Waals surface area contributed by atoms with Crippen molar-refractivity contribution in [2.24, 2.45) is 11.8 Å². The molecule has 31 heavy (non-hydrogen) atoms. The van der Waals surface area contributed by atoms with E-state index in [1.807, 2.05) is 17.0 Å². The molecule has 2 saturated carbocycles. The molecular formula is C26H39NO4. The van der Waals surface area contributed by atoms with Gasteiger partial charge in [-0.2, -0.15) is 0 Å². The normalized spacial score (nSPS) is 22.0. The molecule has 3 rings (SSSR count). The molecule has 0 unspecified atom stereocenters. The van der Waals surface area contributed by atoms with Crippen LogP contribution in [-0.4, -0.2) is 31.6 Å². The summed E-state index contributed by atoms with van der Waals surface area (Å²) in [5, 5.41) is 0. The van der Waals surface area contributed by atoms with E-state index in [0.29, 0.717) is 29.5 Å². The first-order valence-electron chi connectivity index (χ1n) is 12.2. The fourth-order valence-electron chi connectivity index (χ4n) is 4.96. The van der Waals surface area contributed by atoms with Gasteiger partial charge in [-0.3, -0.25) is 4.79 Å². The molecule has 5 nitrogen and oxygen atoms in total. The number of ether oxygens (including phenoxy) is 2. The molecule has 0 radical (unpaired) electrons. The highest BCUT2D eigenvalue weighted by Crippen LogP contribution is 2.37. The van der Waals surface area contributed by atoms with Gasteiger partial charge in [-0.15, -0.1) is 0 Å². The minimum Gasteiger partial charge on any atom is -0.494 e. The Morgan fingerprint density at radius 2 is 1.74 bits per heavy atom. The lowest BCUT2D eigenvalue weighted by atomic mass is 9.81. The number of carbonyl (C=O) groups excluding carboxylic acids is 2. The minimum absolute atomic E-state index is 0.0455. The van der Waals surface area contributed by atoms with E-state index in [9.17, 15) is 9.59 Å². The third-order valence-electron chi connectivity index (χ3n) is 6.94. The van der Waals surface area contributed by atoms with Gasteiger partial charge >= 0.3 is 5.97 Å². The van der Waals surface area contributed by atoms with Crippen molar-refractivity contribution in [3.8, 4) is 5.75 Å². The molecule has 172 valence electrons. The van der Waals surface area contributed by atoms with Crippen molar-refractivity contribution in [1.82, 2.24) is 0 Å². The molecule has 0 heterocycles. The Bertz CT molecular complexity index is 733. The van der Waals surface area contributed by atoms with Gasteiger partial charge in [0.1, 0.15) is 5.75 Å². The van der Waals surface area contributed by atoms with Crippen molar-refractivity contribution in [3.63, 3.8) is 0 Å². The highest BCUT2D eigenvalue weighted by atomic mass is 16.5. The second-order valence-electron chi connectivity index (χ2n) is 9.33. The number of hydrogen-bond donors (Lipinski definition) is 0. The van der Waals surface area contributed by atoms with Gasteiger partial charge in [-0.25, -0.2) is 4.79 Å². The zero-order valence-electron chi connectivity index (χ0n) is 19.5. The number of carbonyl (C=O) groups is 2. The summed E-state index contributed by atoms with van der Waals surface area (Å²) in [7, 11) is 1.39. The van der Waals surface area contributed by atoms with Crippen LogP contribution in [0.4, 0.5) is 5.69 Å². The summed E-state index contributed by atoms with van der Waals surface area (Å²) in [6.07, 6.45) is 11.5. The number of unbranched alkanes of at least 4 members (excludes halogenated alkanes) is 1. The fraction of sp³-hybridized carbons (Fsp3) is 0.692. The zero-order valence-corrected chi connectivity index (χ0v) is 19.5. The third-order valence-corrected chi connectivity index (χ3v) is 6.94. The molecule has 0 saturated heterocycles. The van der Waals surface area contributed by atoms with Crippen LogP contribution in [0.2, 0.25) is 0 Å². The smallest absolute Gasteiger partial charge is 0.340 e. The number of nitrogens with zero attached hydrogens (tertiary/aromatic N) is 1. The van der Waals surface area contributed by atoms with Gasteiger partial charge < -0.3 is 14.4 Å². The van der Waals surface area contributed by atoms with Gasteiger partial charge in [0, 0.05) is 12.0 Å². The van der Waals surface area contributed by atoms with Crippen molar-refractivity contribution in [2.45, 2.75) is 90.5 Å². The number of rotatable bonds is 8. The molecule has 2 aliphatic carbocycles. The van der Waals surface area contributed by atoms with E-state index in [2.05, 4.69) is 13.8 Å². The lowest BCUT2D eigenvalue weighted by Crippen LogP contribution is -2.46. The Balaban J connectivity index is 1.94. The van der Waals surface area contributed by atoms with E-state index in [1.54, 1.807) is 6.07 Å². The summed E-state index contributed by atoms with van der Waals surface area (Å²) in [4.78, 5) is 28.5. The molecule has 2 aliphatic rings. The van der Waals surface area contributed by atoms with Crippen LogP contribution in [0.3, 0.4) is 0 Å². The van der Waals surface area contributed by atoms with Gasteiger partial charge in [-0.1, -0.05) is 39.5 Å². The molecule has 2 fully saturated rings. The molecular weight excluding hydrogens is 390 g/mol. The summed E-state index contributed by atoms with van der Waals surface area (Å²) in [5.41, 5.74) is 1.12. The highest BCUT2D eigenvalue weighted by Gasteiger charge is 2.35. The molecule has 0 spiro atoms. The fourth-order valence-corrected chi connectivity index (χ4v) is 4.96. The predicted molar refractivity (Wildman–Crippen MR) is 124 cm³/mol. The topological polar surface area (TPSA) is 55.8 Å². The number of amides is 1. The standard InChI is InChI=1S/C26H39NO4/c1-4-5-17-31-22-15-16-24(23(18-22)26(29)30-3)27(21-9-7-6-8-10-21)25(28)20-13-11-19(2)12-14-20/h15-16,18-21H,4-14,17H2,1-3H3.